The first-order chi connectivity index (χ1) is 11.9. The van der Waals surface area contributed by atoms with Gasteiger partial charge >= 0.3 is 0 Å². The predicted octanol–water partition coefficient (Wildman–Crippen LogP) is 6.26. The molecule has 0 amide bonds. The normalized spacial score (nSPS) is 11.1. The number of hydrogen-bond donors (Lipinski definition) is 0. The van der Waals surface area contributed by atoms with Crippen LogP contribution in [0.2, 0.25) is 0 Å². The van der Waals surface area contributed by atoms with E-state index < -0.39 is 0 Å². The van der Waals surface area contributed by atoms with Gasteiger partial charge in [-0.3, -0.25) is 0 Å². The first-order valence-corrected chi connectivity index (χ1v) is 10.5. The van der Waals surface area contributed by atoms with E-state index in [1.807, 2.05) is 0 Å². The Morgan fingerprint density at radius 1 is 0.542 bits per heavy atom. The largest absolute Gasteiger partial charge is 0.218 e. The van der Waals surface area contributed by atoms with Gasteiger partial charge in [0.05, 0.1) is 0 Å². The summed E-state index contributed by atoms with van der Waals surface area (Å²) in [5.41, 5.74) is 0. The van der Waals surface area contributed by atoms with Crippen LogP contribution in [0, 0.1) is 6.33 Å². The van der Waals surface area contributed by atoms with Crippen LogP contribution in [0.5, 0.6) is 0 Å². The fraction of sp³-hybridized carbons (Fsp3) is 0.857. The maximum atomic E-state index is 4.61. The Morgan fingerprint density at radius 2 is 0.917 bits per heavy atom. The molecule has 0 saturated carbocycles. The van der Waals surface area contributed by atoms with Crippen LogP contribution < -0.4 is 0 Å². The molecule has 0 saturated heterocycles. The Hall–Kier alpha value is -0.990. The van der Waals surface area contributed by atoms with Crippen LogP contribution in [-0.4, -0.2) is 15.0 Å². The summed E-state index contributed by atoms with van der Waals surface area (Å²) < 4.78 is 0. The minimum absolute atomic E-state index is 0.941. The highest BCUT2D eigenvalue weighted by molar-refractivity contribution is 4.90. The maximum Gasteiger partial charge on any atom is 0.201 e. The number of aryl methyl sites for hydroxylation is 2. The second-order valence-electron chi connectivity index (χ2n) is 7.01. The van der Waals surface area contributed by atoms with Crippen molar-refractivity contribution in [2.45, 2.75) is 117 Å². The molecule has 0 aliphatic carbocycles. The van der Waals surface area contributed by atoms with E-state index in [2.05, 4.69) is 35.1 Å². The molecule has 24 heavy (non-hydrogen) atoms. The van der Waals surface area contributed by atoms with Crippen molar-refractivity contribution in [3.05, 3.63) is 18.0 Å². The smallest absolute Gasteiger partial charge is 0.201 e. The van der Waals surface area contributed by atoms with E-state index in [-0.39, 0.29) is 0 Å². The molecule has 0 fully saturated rings. The number of hydrogen-bond acceptors (Lipinski definition) is 3. The Balaban J connectivity index is 2.08. The van der Waals surface area contributed by atoms with Crippen LogP contribution in [0.3, 0.4) is 0 Å². The Kier molecular flexibility index (Phi) is 13.6. The lowest BCUT2D eigenvalue weighted by atomic mass is 10.1. The molecule has 0 atom stereocenters. The highest BCUT2D eigenvalue weighted by atomic mass is 15.0. The molecule has 0 N–H and O–H groups in total. The highest BCUT2D eigenvalue weighted by Crippen LogP contribution is 2.10. The molecule has 0 spiro atoms. The van der Waals surface area contributed by atoms with Crippen molar-refractivity contribution in [1.29, 1.82) is 0 Å². The Labute approximate surface area is 150 Å². The second-order valence-corrected chi connectivity index (χ2v) is 7.01. The lowest BCUT2D eigenvalue weighted by molar-refractivity contribution is 0.575. The summed E-state index contributed by atoms with van der Waals surface area (Å²) >= 11 is 0. The van der Waals surface area contributed by atoms with Gasteiger partial charge in [-0.15, -0.1) is 0 Å². The molecule has 1 radical (unpaired) electrons. The summed E-state index contributed by atoms with van der Waals surface area (Å²) in [5, 5.41) is 0. The third-order valence-corrected chi connectivity index (χ3v) is 4.62. The lowest BCUT2D eigenvalue weighted by Crippen LogP contribution is -2.03. The van der Waals surface area contributed by atoms with E-state index in [1.54, 1.807) is 0 Å². The minimum Gasteiger partial charge on any atom is -0.218 e. The van der Waals surface area contributed by atoms with E-state index in [9.17, 15) is 0 Å². The van der Waals surface area contributed by atoms with Crippen molar-refractivity contribution in [2.24, 2.45) is 0 Å². The van der Waals surface area contributed by atoms with Gasteiger partial charge in [-0.25, -0.2) is 15.0 Å². The molecule has 1 rings (SSSR count). The minimum atomic E-state index is 0.941. The van der Waals surface area contributed by atoms with Gasteiger partial charge in [0.1, 0.15) is 11.6 Å². The molecule has 0 aliphatic rings. The van der Waals surface area contributed by atoms with Gasteiger partial charge in [0, 0.05) is 12.8 Å². The fourth-order valence-corrected chi connectivity index (χ4v) is 3.04. The van der Waals surface area contributed by atoms with Crippen molar-refractivity contribution >= 4 is 0 Å². The molecule has 0 unspecified atom stereocenters. The first-order valence-electron chi connectivity index (χ1n) is 10.5. The SMILES string of the molecule is CCCCCCCCCc1n[c]nc(CCCCCCCCC)n1. The number of rotatable bonds is 16. The summed E-state index contributed by atoms with van der Waals surface area (Å²) in [6.45, 7) is 4.53. The Morgan fingerprint density at radius 3 is 1.33 bits per heavy atom. The molecule has 1 heterocycles. The van der Waals surface area contributed by atoms with E-state index in [4.69, 9.17) is 0 Å². The molecule has 0 aromatic carbocycles. The molecule has 137 valence electrons. The number of aromatic nitrogens is 3. The van der Waals surface area contributed by atoms with Crippen molar-refractivity contribution in [3.63, 3.8) is 0 Å². The summed E-state index contributed by atoms with van der Waals surface area (Å²) in [5.74, 6) is 1.88. The Bertz CT molecular complexity index is 359. The van der Waals surface area contributed by atoms with E-state index in [0.29, 0.717) is 0 Å². The fourth-order valence-electron chi connectivity index (χ4n) is 3.04. The van der Waals surface area contributed by atoms with Gasteiger partial charge in [-0.05, 0) is 12.8 Å². The second kappa shape index (κ2) is 15.5. The van der Waals surface area contributed by atoms with Crippen LogP contribution in [0.4, 0.5) is 0 Å². The van der Waals surface area contributed by atoms with E-state index in [0.717, 1.165) is 24.5 Å². The molecular weight excluding hydrogens is 294 g/mol. The molecule has 0 aliphatic heterocycles. The van der Waals surface area contributed by atoms with Crippen molar-refractivity contribution in [1.82, 2.24) is 15.0 Å². The predicted molar refractivity (Wildman–Crippen MR) is 102 cm³/mol. The molecule has 1 aromatic rings. The zero-order chi connectivity index (χ0) is 17.3. The summed E-state index contributed by atoms with van der Waals surface area (Å²) in [7, 11) is 0. The number of nitrogens with zero attached hydrogens (tertiary/aromatic N) is 3. The quantitative estimate of drug-likeness (QED) is 0.335. The summed E-state index contributed by atoms with van der Waals surface area (Å²) in [6.07, 6.45) is 23.4. The first kappa shape index (κ1) is 21.1. The van der Waals surface area contributed by atoms with Crippen LogP contribution >= 0.6 is 0 Å². The van der Waals surface area contributed by atoms with Gasteiger partial charge in [0.2, 0.25) is 6.33 Å². The topological polar surface area (TPSA) is 38.7 Å². The molecule has 3 heteroatoms. The van der Waals surface area contributed by atoms with Crippen molar-refractivity contribution in [2.75, 3.05) is 0 Å². The van der Waals surface area contributed by atoms with Crippen LogP contribution in [0.25, 0.3) is 0 Å². The van der Waals surface area contributed by atoms with Gasteiger partial charge in [-0.1, -0.05) is 90.9 Å². The van der Waals surface area contributed by atoms with Gasteiger partial charge in [-0.2, -0.15) is 0 Å². The zero-order valence-corrected chi connectivity index (χ0v) is 16.2. The molecule has 3 nitrogen and oxygen atoms in total. The third kappa shape index (κ3) is 11.5. The van der Waals surface area contributed by atoms with Crippen LogP contribution in [-0.2, 0) is 12.8 Å². The lowest BCUT2D eigenvalue weighted by Gasteiger charge is -2.04. The average molecular weight is 333 g/mol. The van der Waals surface area contributed by atoms with Gasteiger partial charge < -0.3 is 0 Å². The molecule has 0 bridgehead atoms. The van der Waals surface area contributed by atoms with E-state index in [1.165, 1.54) is 89.9 Å². The highest BCUT2D eigenvalue weighted by Gasteiger charge is 2.02. The van der Waals surface area contributed by atoms with E-state index >= 15 is 0 Å². The third-order valence-electron chi connectivity index (χ3n) is 4.62. The maximum absolute atomic E-state index is 4.61. The van der Waals surface area contributed by atoms with Crippen LogP contribution in [0.1, 0.15) is 115 Å². The zero-order valence-electron chi connectivity index (χ0n) is 16.2. The number of unbranched alkanes of at least 4 members (excludes halogenated alkanes) is 12. The average Bonchev–Trinajstić information content (AvgIpc) is 2.60. The summed E-state index contributed by atoms with van der Waals surface area (Å²) in [6, 6.07) is 0. The van der Waals surface area contributed by atoms with Crippen molar-refractivity contribution in [3.8, 4) is 0 Å². The molecular formula is C21H38N3. The monoisotopic (exact) mass is 332 g/mol. The summed E-state index contributed by atoms with van der Waals surface area (Å²) in [4.78, 5) is 13.0. The van der Waals surface area contributed by atoms with Crippen LogP contribution in [0.15, 0.2) is 0 Å². The van der Waals surface area contributed by atoms with Gasteiger partial charge in [0.25, 0.3) is 0 Å². The van der Waals surface area contributed by atoms with Gasteiger partial charge in [0.15, 0.2) is 0 Å². The van der Waals surface area contributed by atoms with Crippen molar-refractivity contribution < 1.29 is 0 Å². The molecule has 1 aromatic heterocycles. The standard InChI is InChI=1S/C21H38N3/c1-3-5-7-9-11-13-15-17-20-22-19-23-21(24-20)18-16-14-12-10-8-6-4-2/h3-18H2,1-2H3.